The Balaban J connectivity index is 1.89. The van der Waals surface area contributed by atoms with Crippen molar-refractivity contribution < 1.29 is 18.4 Å². The number of carbonyl (C=O) groups is 1. The SMILES string of the molecule is Cc1cc(-c2noc(C3COCCC3=O)n2)ccc1F. The van der Waals surface area contributed by atoms with Crippen LogP contribution in [0.25, 0.3) is 11.4 Å². The Bertz CT molecular complexity index is 654. The number of carbonyl (C=O) groups excluding carboxylic acids is 1. The topological polar surface area (TPSA) is 65.2 Å². The van der Waals surface area contributed by atoms with Crippen LogP contribution in [-0.4, -0.2) is 29.1 Å². The van der Waals surface area contributed by atoms with E-state index < -0.39 is 5.92 Å². The molecule has 104 valence electrons. The molecule has 2 heterocycles. The number of ketones is 1. The van der Waals surface area contributed by atoms with E-state index in [0.717, 1.165) is 0 Å². The lowest BCUT2D eigenvalue weighted by Gasteiger charge is -2.16. The Morgan fingerprint density at radius 1 is 1.40 bits per heavy atom. The highest BCUT2D eigenvalue weighted by molar-refractivity contribution is 5.85. The van der Waals surface area contributed by atoms with Gasteiger partial charge in [0.2, 0.25) is 11.7 Å². The lowest BCUT2D eigenvalue weighted by atomic mass is 10.0. The summed E-state index contributed by atoms with van der Waals surface area (Å²) in [6.45, 7) is 2.37. The van der Waals surface area contributed by atoms with Crippen molar-refractivity contribution in [1.82, 2.24) is 10.1 Å². The molecule has 1 atom stereocenters. The second kappa shape index (κ2) is 5.13. The lowest BCUT2D eigenvalue weighted by Crippen LogP contribution is -2.25. The van der Waals surface area contributed by atoms with Gasteiger partial charge >= 0.3 is 0 Å². The molecule has 1 aromatic carbocycles. The van der Waals surface area contributed by atoms with E-state index in [2.05, 4.69) is 10.1 Å². The van der Waals surface area contributed by atoms with Crippen molar-refractivity contribution in [3.8, 4) is 11.4 Å². The standard InChI is InChI=1S/C14H13FN2O3/c1-8-6-9(2-3-11(8)15)13-16-14(20-17-13)10-7-19-5-4-12(10)18/h2-3,6,10H,4-5,7H2,1H3. The average Bonchev–Trinajstić information content (AvgIpc) is 2.92. The summed E-state index contributed by atoms with van der Waals surface area (Å²) in [6.07, 6.45) is 0.359. The summed E-state index contributed by atoms with van der Waals surface area (Å²) in [5, 5.41) is 3.85. The summed E-state index contributed by atoms with van der Waals surface area (Å²) in [6, 6.07) is 4.58. The molecule has 0 bridgehead atoms. The number of benzene rings is 1. The van der Waals surface area contributed by atoms with Gasteiger partial charge in [-0.1, -0.05) is 5.16 Å². The van der Waals surface area contributed by atoms with Crippen molar-refractivity contribution in [3.05, 3.63) is 35.5 Å². The maximum Gasteiger partial charge on any atom is 0.239 e. The Morgan fingerprint density at radius 3 is 3.00 bits per heavy atom. The van der Waals surface area contributed by atoms with Crippen molar-refractivity contribution in [2.24, 2.45) is 0 Å². The third-order valence-corrected chi connectivity index (χ3v) is 3.32. The summed E-state index contributed by atoms with van der Waals surface area (Å²) < 4.78 is 23.6. The van der Waals surface area contributed by atoms with Crippen LogP contribution in [0.3, 0.4) is 0 Å². The molecular weight excluding hydrogens is 263 g/mol. The van der Waals surface area contributed by atoms with Crippen LogP contribution in [0.1, 0.15) is 23.8 Å². The quantitative estimate of drug-likeness (QED) is 0.841. The van der Waals surface area contributed by atoms with Gasteiger partial charge in [0.25, 0.3) is 0 Å². The van der Waals surface area contributed by atoms with E-state index in [0.29, 0.717) is 30.0 Å². The number of Topliss-reactive ketones (excluding diaryl/α,β-unsaturated/α-hetero) is 1. The lowest BCUT2D eigenvalue weighted by molar-refractivity contribution is -0.127. The number of hydrogen-bond donors (Lipinski definition) is 0. The molecule has 3 rings (SSSR count). The van der Waals surface area contributed by atoms with Gasteiger partial charge in [0.1, 0.15) is 17.5 Å². The van der Waals surface area contributed by atoms with Gasteiger partial charge in [0, 0.05) is 12.0 Å². The summed E-state index contributed by atoms with van der Waals surface area (Å²) in [5.41, 5.74) is 1.16. The zero-order valence-corrected chi connectivity index (χ0v) is 10.9. The number of aryl methyl sites for hydroxylation is 1. The maximum absolute atomic E-state index is 13.2. The summed E-state index contributed by atoms with van der Waals surface area (Å²) in [5.74, 6) is -0.130. The van der Waals surface area contributed by atoms with Crippen LogP contribution in [-0.2, 0) is 9.53 Å². The van der Waals surface area contributed by atoms with E-state index in [1.807, 2.05) is 0 Å². The third kappa shape index (κ3) is 2.34. The molecule has 6 heteroatoms. The van der Waals surface area contributed by atoms with Crippen LogP contribution < -0.4 is 0 Å². The van der Waals surface area contributed by atoms with Crippen molar-refractivity contribution in [2.75, 3.05) is 13.2 Å². The first kappa shape index (κ1) is 12.9. The molecule has 0 N–H and O–H groups in total. The highest BCUT2D eigenvalue weighted by Gasteiger charge is 2.29. The molecule has 1 aliphatic heterocycles. The molecule has 1 saturated heterocycles. The predicted molar refractivity (Wildman–Crippen MR) is 67.6 cm³/mol. The minimum atomic E-state index is -0.494. The van der Waals surface area contributed by atoms with E-state index in [1.54, 1.807) is 19.1 Å². The molecule has 0 amide bonds. The van der Waals surface area contributed by atoms with Crippen molar-refractivity contribution in [3.63, 3.8) is 0 Å². The van der Waals surface area contributed by atoms with Gasteiger partial charge in [-0.25, -0.2) is 4.39 Å². The highest BCUT2D eigenvalue weighted by atomic mass is 19.1. The monoisotopic (exact) mass is 276 g/mol. The number of nitrogens with zero attached hydrogens (tertiary/aromatic N) is 2. The molecule has 0 saturated carbocycles. The van der Waals surface area contributed by atoms with E-state index >= 15 is 0 Å². The minimum Gasteiger partial charge on any atom is -0.380 e. The van der Waals surface area contributed by atoms with Crippen LogP contribution >= 0.6 is 0 Å². The Kier molecular flexibility index (Phi) is 3.31. The third-order valence-electron chi connectivity index (χ3n) is 3.32. The number of aromatic nitrogens is 2. The van der Waals surface area contributed by atoms with Crippen LogP contribution in [0.15, 0.2) is 22.7 Å². The van der Waals surface area contributed by atoms with Crippen molar-refractivity contribution in [1.29, 1.82) is 0 Å². The first-order chi connectivity index (χ1) is 9.65. The van der Waals surface area contributed by atoms with Crippen molar-refractivity contribution >= 4 is 5.78 Å². The predicted octanol–water partition coefficient (Wildman–Crippen LogP) is 2.26. The summed E-state index contributed by atoms with van der Waals surface area (Å²) >= 11 is 0. The van der Waals surface area contributed by atoms with Gasteiger partial charge in [0.15, 0.2) is 0 Å². The first-order valence-corrected chi connectivity index (χ1v) is 6.36. The average molecular weight is 276 g/mol. The fourth-order valence-corrected chi connectivity index (χ4v) is 2.13. The summed E-state index contributed by atoms with van der Waals surface area (Å²) in [7, 11) is 0. The Labute approximate surface area is 114 Å². The molecule has 0 aliphatic carbocycles. The van der Waals surface area contributed by atoms with Gasteiger partial charge < -0.3 is 9.26 Å². The molecule has 20 heavy (non-hydrogen) atoms. The van der Waals surface area contributed by atoms with Crippen molar-refractivity contribution in [2.45, 2.75) is 19.3 Å². The Hall–Kier alpha value is -2.08. The molecule has 5 nitrogen and oxygen atoms in total. The number of rotatable bonds is 2. The van der Waals surface area contributed by atoms with E-state index in [4.69, 9.17) is 9.26 Å². The maximum atomic E-state index is 13.2. The molecular formula is C14H13FN2O3. The fraction of sp³-hybridized carbons (Fsp3) is 0.357. The van der Waals surface area contributed by atoms with E-state index in [-0.39, 0.29) is 24.1 Å². The summed E-state index contributed by atoms with van der Waals surface area (Å²) in [4.78, 5) is 16.0. The zero-order valence-electron chi connectivity index (χ0n) is 10.9. The molecule has 1 fully saturated rings. The largest absolute Gasteiger partial charge is 0.380 e. The minimum absolute atomic E-state index is 0.0433. The molecule has 0 spiro atoms. The molecule has 0 radical (unpaired) electrons. The molecule has 2 aromatic rings. The van der Waals surface area contributed by atoms with Gasteiger partial charge in [0.05, 0.1) is 13.2 Å². The Morgan fingerprint density at radius 2 is 2.25 bits per heavy atom. The normalized spacial score (nSPS) is 19.3. The van der Waals surface area contributed by atoms with Crippen LogP contribution in [0.5, 0.6) is 0 Å². The molecule has 1 unspecified atom stereocenters. The first-order valence-electron chi connectivity index (χ1n) is 6.36. The van der Waals surface area contributed by atoms with Crippen LogP contribution in [0, 0.1) is 12.7 Å². The van der Waals surface area contributed by atoms with Crippen LogP contribution in [0.2, 0.25) is 0 Å². The highest BCUT2D eigenvalue weighted by Crippen LogP contribution is 2.24. The number of halogens is 1. The van der Waals surface area contributed by atoms with Gasteiger partial charge in [-0.05, 0) is 30.7 Å². The van der Waals surface area contributed by atoms with Gasteiger partial charge in [-0.3, -0.25) is 4.79 Å². The second-order valence-corrected chi connectivity index (χ2v) is 4.76. The van der Waals surface area contributed by atoms with E-state index in [1.165, 1.54) is 6.07 Å². The second-order valence-electron chi connectivity index (χ2n) is 4.76. The number of hydrogen-bond acceptors (Lipinski definition) is 5. The molecule has 1 aliphatic rings. The fourth-order valence-electron chi connectivity index (χ4n) is 2.13. The van der Waals surface area contributed by atoms with Gasteiger partial charge in [-0.2, -0.15) is 4.98 Å². The molecule has 1 aromatic heterocycles. The number of ether oxygens (including phenoxy) is 1. The smallest absolute Gasteiger partial charge is 0.239 e. The van der Waals surface area contributed by atoms with Gasteiger partial charge in [-0.15, -0.1) is 0 Å². The zero-order chi connectivity index (χ0) is 14.1. The van der Waals surface area contributed by atoms with E-state index in [9.17, 15) is 9.18 Å². The van der Waals surface area contributed by atoms with Crippen LogP contribution in [0.4, 0.5) is 4.39 Å².